The van der Waals surface area contributed by atoms with Crippen LogP contribution >= 0.6 is 15.9 Å². The molecule has 1 saturated heterocycles. The fraction of sp³-hybridized carbons (Fsp3) is 0.810. The quantitative estimate of drug-likeness (QED) is 0.117. The fourth-order valence-corrected chi connectivity index (χ4v) is 3.24. The van der Waals surface area contributed by atoms with Crippen molar-refractivity contribution >= 4 is 15.9 Å². The van der Waals surface area contributed by atoms with E-state index in [-0.39, 0.29) is 0 Å². The minimum atomic E-state index is 0.520. The standard InChI is InChI=1S/C21H37BrO/c1-2-3-4-5-6-7-8-11-14-17-20-21(23-20)18-15-12-9-10-13-16-19-22/h10,12-13,15,20-21H,2-9,11,14,16-19H2,1H3/b13-10-,15-12-/t20-,21+/m1/s1. The first-order chi connectivity index (χ1) is 11.4. The minimum Gasteiger partial charge on any atom is -0.369 e. The number of epoxide rings is 1. The van der Waals surface area contributed by atoms with E-state index < -0.39 is 0 Å². The monoisotopic (exact) mass is 384 g/mol. The van der Waals surface area contributed by atoms with Crippen LogP contribution in [-0.4, -0.2) is 17.5 Å². The van der Waals surface area contributed by atoms with Gasteiger partial charge >= 0.3 is 0 Å². The zero-order valence-corrected chi connectivity index (χ0v) is 16.7. The third kappa shape index (κ3) is 12.9. The van der Waals surface area contributed by atoms with Crippen molar-refractivity contribution in [2.24, 2.45) is 0 Å². The Bertz CT molecular complexity index is 311. The molecule has 0 aromatic rings. The normalized spacial score (nSPS) is 20.8. The number of rotatable bonds is 16. The Hall–Kier alpha value is -0.0800. The first kappa shape index (κ1) is 21.0. The number of halogens is 1. The van der Waals surface area contributed by atoms with Crippen LogP contribution in [0.5, 0.6) is 0 Å². The Balaban J connectivity index is 1.81. The number of hydrogen-bond acceptors (Lipinski definition) is 1. The zero-order valence-electron chi connectivity index (χ0n) is 15.1. The van der Waals surface area contributed by atoms with Gasteiger partial charge in [0.1, 0.15) is 0 Å². The molecule has 1 rings (SSSR count). The fourth-order valence-electron chi connectivity index (χ4n) is 2.98. The van der Waals surface area contributed by atoms with Gasteiger partial charge in [-0.05, 0) is 25.7 Å². The Kier molecular flexibility index (Phi) is 14.1. The van der Waals surface area contributed by atoms with Gasteiger partial charge in [-0.3, -0.25) is 0 Å². The Morgan fingerprint density at radius 1 is 0.783 bits per heavy atom. The van der Waals surface area contributed by atoms with Crippen LogP contribution in [0.15, 0.2) is 24.3 Å². The van der Waals surface area contributed by atoms with E-state index in [1.807, 2.05) is 0 Å². The highest BCUT2D eigenvalue weighted by atomic mass is 79.9. The summed E-state index contributed by atoms with van der Waals surface area (Å²) in [7, 11) is 0. The molecule has 0 aromatic carbocycles. The molecule has 0 spiro atoms. The lowest BCUT2D eigenvalue weighted by Crippen LogP contribution is -1.93. The Morgan fingerprint density at radius 3 is 2.13 bits per heavy atom. The molecule has 0 N–H and O–H groups in total. The van der Waals surface area contributed by atoms with Gasteiger partial charge in [0.15, 0.2) is 0 Å². The summed E-state index contributed by atoms with van der Waals surface area (Å²) in [5, 5.41) is 1.06. The predicted molar refractivity (Wildman–Crippen MR) is 106 cm³/mol. The van der Waals surface area contributed by atoms with Crippen LogP contribution < -0.4 is 0 Å². The third-order valence-electron chi connectivity index (χ3n) is 4.53. The van der Waals surface area contributed by atoms with Crippen molar-refractivity contribution in [2.45, 2.75) is 103 Å². The average Bonchev–Trinajstić information content (AvgIpc) is 3.31. The van der Waals surface area contributed by atoms with E-state index in [1.54, 1.807) is 0 Å². The minimum absolute atomic E-state index is 0.520. The molecule has 0 aliphatic carbocycles. The first-order valence-corrected chi connectivity index (χ1v) is 11.0. The van der Waals surface area contributed by atoms with Gasteiger partial charge in [-0.1, -0.05) is 105 Å². The largest absolute Gasteiger partial charge is 0.369 e. The number of ether oxygens (including phenoxy) is 1. The van der Waals surface area contributed by atoms with Crippen LogP contribution in [-0.2, 0) is 4.74 Å². The van der Waals surface area contributed by atoms with Gasteiger partial charge in [-0.25, -0.2) is 0 Å². The van der Waals surface area contributed by atoms with Crippen molar-refractivity contribution in [3.05, 3.63) is 24.3 Å². The van der Waals surface area contributed by atoms with Crippen LogP contribution in [0.25, 0.3) is 0 Å². The molecule has 1 aliphatic heterocycles. The van der Waals surface area contributed by atoms with Crippen LogP contribution in [0, 0.1) is 0 Å². The summed E-state index contributed by atoms with van der Waals surface area (Å²) in [4.78, 5) is 0. The second kappa shape index (κ2) is 15.4. The molecule has 0 bridgehead atoms. The molecule has 1 fully saturated rings. The topological polar surface area (TPSA) is 12.5 Å². The van der Waals surface area contributed by atoms with E-state index in [1.165, 1.54) is 64.2 Å². The summed E-state index contributed by atoms with van der Waals surface area (Å²) in [6.45, 7) is 2.28. The van der Waals surface area contributed by atoms with Crippen molar-refractivity contribution in [1.29, 1.82) is 0 Å². The summed E-state index contributed by atoms with van der Waals surface area (Å²) in [5.41, 5.74) is 0. The molecule has 0 unspecified atom stereocenters. The molecule has 0 amide bonds. The van der Waals surface area contributed by atoms with E-state index in [0.717, 1.165) is 24.6 Å². The van der Waals surface area contributed by atoms with E-state index in [4.69, 9.17) is 4.74 Å². The molecule has 1 nitrogen and oxygen atoms in total. The Morgan fingerprint density at radius 2 is 1.43 bits per heavy atom. The molecule has 0 radical (unpaired) electrons. The molecule has 2 atom stereocenters. The van der Waals surface area contributed by atoms with Gasteiger partial charge in [0.05, 0.1) is 12.2 Å². The highest BCUT2D eigenvalue weighted by Gasteiger charge is 2.36. The summed E-state index contributed by atoms with van der Waals surface area (Å²) < 4.78 is 5.76. The first-order valence-electron chi connectivity index (χ1n) is 9.90. The molecule has 2 heteroatoms. The molecule has 1 aliphatic rings. The van der Waals surface area contributed by atoms with E-state index in [2.05, 4.69) is 47.2 Å². The maximum absolute atomic E-state index is 5.76. The molecule has 134 valence electrons. The SMILES string of the molecule is CCCCCCCCCCC[C@H]1O[C@H]1C/C=C\C/C=C\CCBr. The number of allylic oxidation sites excluding steroid dienone is 3. The third-order valence-corrected chi connectivity index (χ3v) is 4.99. The summed E-state index contributed by atoms with van der Waals surface area (Å²) >= 11 is 3.43. The number of unbranched alkanes of at least 4 members (excludes halogenated alkanes) is 8. The number of alkyl halides is 1. The molecule has 0 aromatic heterocycles. The lowest BCUT2D eigenvalue weighted by Gasteiger charge is -2.01. The molecule has 0 saturated carbocycles. The molecule has 1 heterocycles. The number of hydrogen-bond donors (Lipinski definition) is 0. The zero-order chi connectivity index (χ0) is 16.6. The van der Waals surface area contributed by atoms with E-state index in [9.17, 15) is 0 Å². The summed E-state index contributed by atoms with van der Waals surface area (Å²) in [6.07, 6.45) is 27.4. The van der Waals surface area contributed by atoms with Crippen molar-refractivity contribution in [3.63, 3.8) is 0 Å². The predicted octanol–water partition coefficient (Wildman–Crippen LogP) is 7.35. The van der Waals surface area contributed by atoms with Crippen molar-refractivity contribution in [1.82, 2.24) is 0 Å². The maximum atomic E-state index is 5.76. The second-order valence-corrected chi connectivity index (χ2v) is 7.51. The van der Waals surface area contributed by atoms with E-state index in [0.29, 0.717) is 12.2 Å². The van der Waals surface area contributed by atoms with Crippen LogP contribution in [0.3, 0.4) is 0 Å². The maximum Gasteiger partial charge on any atom is 0.0876 e. The molecular weight excluding hydrogens is 348 g/mol. The van der Waals surface area contributed by atoms with Crippen LogP contribution in [0.2, 0.25) is 0 Å². The smallest absolute Gasteiger partial charge is 0.0876 e. The Labute approximate surface area is 153 Å². The lowest BCUT2D eigenvalue weighted by atomic mass is 10.0. The van der Waals surface area contributed by atoms with Gasteiger partial charge in [-0.2, -0.15) is 0 Å². The van der Waals surface area contributed by atoms with Gasteiger partial charge in [0, 0.05) is 5.33 Å². The summed E-state index contributed by atoms with van der Waals surface area (Å²) in [6, 6.07) is 0. The molecular formula is C21H37BrO. The second-order valence-electron chi connectivity index (χ2n) is 6.72. The summed E-state index contributed by atoms with van der Waals surface area (Å²) in [5.74, 6) is 0. The van der Waals surface area contributed by atoms with Gasteiger partial charge in [0.2, 0.25) is 0 Å². The van der Waals surface area contributed by atoms with Gasteiger partial charge < -0.3 is 4.74 Å². The van der Waals surface area contributed by atoms with Crippen molar-refractivity contribution in [2.75, 3.05) is 5.33 Å². The highest BCUT2D eigenvalue weighted by Crippen LogP contribution is 2.30. The van der Waals surface area contributed by atoms with Crippen molar-refractivity contribution < 1.29 is 4.74 Å². The van der Waals surface area contributed by atoms with Crippen molar-refractivity contribution in [3.8, 4) is 0 Å². The molecule has 23 heavy (non-hydrogen) atoms. The van der Waals surface area contributed by atoms with Gasteiger partial charge in [0.25, 0.3) is 0 Å². The van der Waals surface area contributed by atoms with Crippen LogP contribution in [0.4, 0.5) is 0 Å². The lowest BCUT2D eigenvalue weighted by molar-refractivity contribution is 0.358. The van der Waals surface area contributed by atoms with Gasteiger partial charge in [-0.15, -0.1) is 0 Å². The average molecular weight is 385 g/mol. The van der Waals surface area contributed by atoms with Crippen LogP contribution in [0.1, 0.15) is 90.4 Å². The van der Waals surface area contributed by atoms with E-state index >= 15 is 0 Å². The highest BCUT2D eigenvalue weighted by molar-refractivity contribution is 9.09.